The summed E-state index contributed by atoms with van der Waals surface area (Å²) in [5, 5.41) is 12.9. The fraction of sp³-hybridized carbons (Fsp3) is 0.875. The van der Waals surface area contributed by atoms with Crippen LogP contribution < -0.4 is 10.2 Å². The standard InChI is InChI=1S/C24H48IN2O6P/c1-5-6-7-8-9-10-11-12-13-14-15-16-17-18-23(28)22(26-24(25)29)21-33-34(30,31)32-20-19-27(2,3)4/h17-18,22-23,28H,5-16,19-21H2,1-4H3,(H-,26,29,30,31)/b18-17+. The lowest BCUT2D eigenvalue weighted by Crippen LogP contribution is -2.43. The molecule has 202 valence electrons. The maximum absolute atomic E-state index is 12.0. The molecule has 2 N–H and O–H groups in total. The zero-order valence-electron chi connectivity index (χ0n) is 21.7. The Bertz CT molecular complexity index is 601. The predicted octanol–water partition coefficient (Wildman–Crippen LogP) is 5.33. The van der Waals surface area contributed by atoms with Crippen LogP contribution in [0.5, 0.6) is 0 Å². The summed E-state index contributed by atoms with van der Waals surface area (Å²) in [5.74, 6) is 0. The number of allylic oxidation sites excluding steroid dienone is 1. The minimum Gasteiger partial charge on any atom is -0.756 e. The molecule has 0 aromatic carbocycles. The molecule has 8 nitrogen and oxygen atoms in total. The highest BCUT2D eigenvalue weighted by Crippen LogP contribution is 2.38. The Morgan fingerprint density at radius 2 is 1.56 bits per heavy atom. The molecule has 0 saturated carbocycles. The Labute approximate surface area is 221 Å². The van der Waals surface area contributed by atoms with E-state index in [0.29, 0.717) is 11.0 Å². The Morgan fingerprint density at radius 3 is 2.06 bits per heavy atom. The van der Waals surface area contributed by atoms with E-state index in [1.165, 1.54) is 80.4 Å². The van der Waals surface area contributed by atoms with Crippen LogP contribution in [0, 0.1) is 0 Å². The van der Waals surface area contributed by atoms with E-state index in [0.717, 1.165) is 19.3 Å². The van der Waals surface area contributed by atoms with Crippen molar-refractivity contribution in [2.75, 3.05) is 40.9 Å². The van der Waals surface area contributed by atoms with Gasteiger partial charge in [0.05, 0.1) is 39.9 Å². The monoisotopic (exact) mass is 618 g/mol. The van der Waals surface area contributed by atoms with Crippen molar-refractivity contribution in [2.24, 2.45) is 0 Å². The molecule has 3 atom stereocenters. The fourth-order valence-corrected chi connectivity index (χ4v) is 4.43. The average molecular weight is 619 g/mol. The van der Waals surface area contributed by atoms with E-state index in [4.69, 9.17) is 9.05 Å². The molecular weight excluding hydrogens is 570 g/mol. The molecule has 0 fully saturated rings. The van der Waals surface area contributed by atoms with Crippen LogP contribution in [0.2, 0.25) is 0 Å². The van der Waals surface area contributed by atoms with Crippen molar-refractivity contribution in [2.45, 2.75) is 96.1 Å². The number of nitrogens with zero attached hydrogens (tertiary/aromatic N) is 1. The van der Waals surface area contributed by atoms with E-state index in [1.54, 1.807) is 6.08 Å². The van der Waals surface area contributed by atoms with Gasteiger partial charge in [-0.1, -0.05) is 83.3 Å². The Morgan fingerprint density at radius 1 is 1.03 bits per heavy atom. The molecule has 0 rings (SSSR count). The van der Waals surface area contributed by atoms with Crippen molar-refractivity contribution in [3.8, 4) is 0 Å². The first kappa shape index (κ1) is 34.0. The van der Waals surface area contributed by atoms with Gasteiger partial charge in [0.25, 0.3) is 11.7 Å². The molecule has 34 heavy (non-hydrogen) atoms. The second-order valence-corrected chi connectivity index (χ2v) is 12.2. The third kappa shape index (κ3) is 22.4. The summed E-state index contributed by atoms with van der Waals surface area (Å²) in [7, 11) is 1.24. The minimum atomic E-state index is -4.52. The predicted molar refractivity (Wildman–Crippen MR) is 145 cm³/mol. The Balaban J connectivity index is 4.16. The van der Waals surface area contributed by atoms with E-state index >= 15 is 0 Å². The van der Waals surface area contributed by atoms with Crippen molar-refractivity contribution < 1.29 is 32.9 Å². The second-order valence-electron chi connectivity index (χ2n) is 9.86. The number of unbranched alkanes of at least 4 members (excludes halogenated alkanes) is 11. The SMILES string of the molecule is CCCCCCCCCCCCC/C=C/C(O)C(COP(=O)([O-])OCC[N+](C)(C)C)NC(=O)I. The topological polar surface area (TPSA) is 108 Å². The van der Waals surface area contributed by atoms with Crippen molar-refractivity contribution in [1.29, 1.82) is 0 Å². The summed E-state index contributed by atoms with van der Waals surface area (Å²) < 4.78 is 21.9. The van der Waals surface area contributed by atoms with Gasteiger partial charge >= 0.3 is 0 Å². The average Bonchev–Trinajstić information content (AvgIpc) is 2.73. The van der Waals surface area contributed by atoms with Crippen molar-refractivity contribution in [3.63, 3.8) is 0 Å². The number of carbonyl (C=O) groups is 1. The van der Waals surface area contributed by atoms with E-state index in [1.807, 2.05) is 27.2 Å². The molecule has 0 radical (unpaired) electrons. The molecule has 0 bridgehead atoms. The van der Waals surface area contributed by atoms with Gasteiger partial charge in [-0.15, -0.1) is 0 Å². The lowest BCUT2D eigenvalue weighted by molar-refractivity contribution is -0.870. The summed E-state index contributed by atoms with van der Waals surface area (Å²) in [6, 6.07) is -0.887. The first-order valence-corrected chi connectivity index (χ1v) is 15.2. The summed E-state index contributed by atoms with van der Waals surface area (Å²) >= 11 is 1.54. The largest absolute Gasteiger partial charge is 0.756 e. The number of hydrogen-bond acceptors (Lipinski definition) is 6. The zero-order valence-corrected chi connectivity index (χ0v) is 24.7. The van der Waals surface area contributed by atoms with Crippen LogP contribution >= 0.6 is 30.4 Å². The lowest BCUT2D eigenvalue weighted by Gasteiger charge is -2.29. The lowest BCUT2D eigenvalue weighted by atomic mass is 10.0. The number of aliphatic hydroxyl groups is 1. The van der Waals surface area contributed by atoms with Gasteiger partial charge in [0.2, 0.25) is 0 Å². The van der Waals surface area contributed by atoms with Gasteiger partial charge in [0, 0.05) is 22.6 Å². The molecule has 0 heterocycles. The molecule has 10 heteroatoms. The summed E-state index contributed by atoms with van der Waals surface area (Å²) in [6.07, 6.45) is 17.3. The first-order valence-electron chi connectivity index (χ1n) is 12.7. The smallest absolute Gasteiger partial charge is 0.281 e. The Hall–Kier alpha value is -0.0300. The fourth-order valence-electron chi connectivity index (χ4n) is 3.30. The number of carbonyl (C=O) groups excluding carboxylic acids is 1. The molecule has 1 amide bonds. The number of quaternary nitrogens is 1. The number of halogens is 1. The van der Waals surface area contributed by atoms with Gasteiger partial charge in [0.15, 0.2) is 0 Å². The van der Waals surface area contributed by atoms with Crippen LogP contribution in [-0.4, -0.2) is 66.6 Å². The summed E-state index contributed by atoms with van der Waals surface area (Å²) in [6.45, 7) is 2.33. The van der Waals surface area contributed by atoms with E-state index in [-0.39, 0.29) is 6.61 Å². The van der Waals surface area contributed by atoms with Crippen LogP contribution in [0.1, 0.15) is 84.0 Å². The molecular formula is C24H48IN2O6P. The van der Waals surface area contributed by atoms with Crippen molar-refractivity contribution in [1.82, 2.24) is 5.32 Å². The highest BCUT2D eigenvalue weighted by atomic mass is 127. The van der Waals surface area contributed by atoms with Crippen molar-refractivity contribution in [3.05, 3.63) is 12.2 Å². The van der Waals surface area contributed by atoms with Gasteiger partial charge in [-0.2, -0.15) is 0 Å². The first-order chi connectivity index (χ1) is 16.0. The number of aliphatic hydroxyl groups excluding tert-OH is 1. The van der Waals surface area contributed by atoms with Gasteiger partial charge in [0.1, 0.15) is 13.2 Å². The maximum atomic E-state index is 12.0. The quantitative estimate of drug-likeness (QED) is 0.0323. The van der Waals surface area contributed by atoms with Crippen LogP contribution in [0.4, 0.5) is 4.79 Å². The molecule has 0 saturated heterocycles. The maximum Gasteiger partial charge on any atom is 0.281 e. The van der Waals surface area contributed by atoms with E-state index < -0.39 is 30.5 Å². The number of amides is 1. The van der Waals surface area contributed by atoms with E-state index in [9.17, 15) is 19.4 Å². The molecule has 3 unspecified atom stereocenters. The Kier molecular flexibility index (Phi) is 20.1. The van der Waals surface area contributed by atoms with Crippen LogP contribution in [0.3, 0.4) is 0 Å². The molecule has 0 aliphatic carbocycles. The number of hydrogen-bond donors (Lipinski definition) is 2. The molecule has 0 aliphatic heterocycles. The number of phosphoric acid groups is 1. The molecule has 0 aliphatic rings. The summed E-state index contributed by atoms with van der Waals surface area (Å²) in [4.78, 5) is 23.4. The minimum absolute atomic E-state index is 0.00496. The second kappa shape index (κ2) is 20.1. The number of phosphoric ester groups is 1. The molecule has 0 aromatic rings. The molecule has 0 aromatic heterocycles. The highest BCUT2D eigenvalue weighted by Gasteiger charge is 2.22. The number of rotatable bonds is 22. The zero-order chi connectivity index (χ0) is 25.9. The van der Waals surface area contributed by atoms with E-state index in [2.05, 4.69) is 12.2 Å². The van der Waals surface area contributed by atoms with Crippen LogP contribution in [0.15, 0.2) is 12.2 Å². The van der Waals surface area contributed by atoms with Gasteiger partial charge in [-0.25, -0.2) is 0 Å². The molecule has 0 spiro atoms. The number of nitrogens with one attached hydrogen (secondary N) is 1. The van der Waals surface area contributed by atoms with Crippen LogP contribution in [-0.2, 0) is 13.6 Å². The van der Waals surface area contributed by atoms with Crippen LogP contribution in [0.25, 0.3) is 0 Å². The van der Waals surface area contributed by atoms with Crippen molar-refractivity contribution >= 4 is 34.3 Å². The van der Waals surface area contributed by atoms with Gasteiger partial charge in [-0.05, 0) is 12.8 Å². The number of likely N-dealkylation sites (N-methyl/N-ethyl adjacent to an activating group) is 1. The highest BCUT2D eigenvalue weighted by molar-refractivity contribution is 14.1. The van der Waals surface area contributed by atoms with Gasteiger partial charge < -0.3 is 28.8 Å². The third-order valence-corrected chi connectivity index (χ3v) is 6.72. The summed E-state index contributed by atoms with van der Waals surface area (Å²) in [5.41, 5.74) is 0. The van der Waals surface area contributed by atoms with Gasteiger partial charge in [-0.3, -0.25) is 9.36 Å². The normalized spacial score (nSPS) is 15.9. The third-order valence-electron chi connectivity index (χ3n) is 5.44.